The molecule has 0 unspecified atom stereocenters. The summed E-state index contributed by atoms with van der Waals surface area (Å²) < 4.78 is 5.86. The Kier molecular flexibility index (Phi) is 5.39. The van der Waals surface area contributed by atoms with Gasteiger partial charge in [-0.25, -0.2) is 4.79 Å². The molecule has 0 N–H and O–H groups in total. The lowest BCUT2D eigenvalue weighted by atomic mass is 9.90. The fourth-order valence-electron chi connectivity index (χ4n) is 4.81. The van der Waals surface area contributed by atoms with Crippen LogP contribution in [-0.4, -0.2) is 47.0 Å². The first kappa shape index (κ1) is 20.3. The number of hydrogen-bond acceptors (Lipinski definition) is 3. The molecule has 3 aromatic carbocycles. The van der Waals surface area contributed by atoms with Gasteiger partial charge in [0.2, 0.25) is 5.91 Å². The van der Waals surface area contributed by atoms with Gasteiger partial charge in [-0.2, -0.15) is 0 Å². The van der Waals surface area contributed by atoms with E-state index < -0.39 is 5.60 Å². The zero-order valence-corrected chi connectivity index (χ0v) is 17.9. The Morgan fingerprint density at radius 1 is 0.844 bits per heavy atom. The van der Waals surface area contributed by atoms with Crippen LogP contribution in [0.15, 0.2) is 91.0 Å². The van der Waals surface area contributed by atoms with Gasteiger partial charge in [-0.1, -0.05) is 91.0 Å². The average Bonchev–Trinajstić information content (AvgIpc) is 3.38. The van der Waals surface area contributed by atoms with E-state index in [0.717, 1.165) is 16.7 Å². The van der Waals surface area contributed by atoms with E-state index >= 15 is 0 Å². The number of nitrogens with zero attached hydrogens (tertiary/aromatic N) is 2. The van der Waals surface area contributed by atoms with Crippen molar-refractivity contribution in [3.63, 3.8) is 0 Å². The van der Waals surface area contributed by atoms with Gasteiger partial charge < -0.3 is 9.64 Å². The molecule has 2 heterocycles. The zero-order valence-electron chi connectivity index (χ0n) is 17.9. The molecule has 2 amide bonds. The number of amides is 2. The van der Waals surface area contributed by atoms with Crippen molar-refractivity contribution < 1.29 is 14.3 Å². The third-order valence-corrected chi connectivity index (χ3v) is 6.40. The van der Waals surface area contributed by atoms with Crippen molar-refractivity contribution in [1.29, 1.82) is 0 Å². The van der Waals surface area contributed by atoms with Gasteiger partial charge in [0.1, 0.15) is 0 Å². The summed E-state index contributed by atoms with van der Waals surface area (Å²) in [6.45, 7) is 2.04. The van der Waals surface area contributed by atoms with Crippen LogP contribution in [0.1, 0.15) is 29.0 Å². The lowest BCUT2D eigenvalue weighted by Gasteiger charge is -2.26. The Morgan fingerprint density at radius 2 is 1.41 bits per heavy atom. The van der Waals surface area contributed by atoms with Crippen molar-refractivity contribution in [2.24, 2.45) is 0 Å². The summed E-state index contributed by atoms with van der Waals surface area (Å²) in [6.07, 6.45) is 0.359. The highest BCUT2D eigenvalue weighted by Gasteiger charge is 2.51. The predicted molar refractivity (Wildman–Crippen MR) is 122 cm³/mol. The van der Waals surface area contributed by atoms with Gasteiger partial charge in [0.25, 0.3) is 0 Å². The minimum atomic E-state index is -0.626. The molecule has 2 aliphatic rings. The number of likely N-dealkylation sites (tertiary alicyclic amines) is 1. The van der Waals surface area contributed by atoms with Gasteiger partial charge in [0.15, 0.2) is 5.60 Å². The van der Waals surface area contributed by atoms with E-state index in [2.05, 4.69) is 0 Å². The number of benzene rings is 3. The molecule has 0 saturated carbocycles. The van der Waals surface area contributed by atoms with Crippen LogP contribution in [0.5, 0.6) is 0 Å². The van der Waals surface area contributed by atoms with E-state index in [1.54, 1.807) is 4.90 Å². The van der Waals surface area contributed by atoms with E-state index in [4.69, 9.17) is 4.74 Å². The van der Waals surface area contributed by atoms with E-state index in [1.807, 2.05) is 95.9 Å². The molecule has 32 heavy (non-hydrogen) atoms. The molecule has 3 aromatic rings. The highest BCUT2D eigenvalue weighted by molar-refractivity contribution is 5.87. The summed E-state index contributed by atoms with van der Waals surface area (Å²) in [5.41, 5.74) is 2.39. The summed E-state index contributed by atoms with van der Waals surface area (Å²) in [7, 11) is 0. The lowest BCUT2D eigenvalue weighted by molar-refractivity contribution is -0.131. The fraction of sp³-hybridized carbons (Fsp3) is 0.259. The predicted octanol–water partition coefficient (Wildman–Crippen LogP) is 4.44. The summed E-state index contributed by atoms with van der Waals surface area (Å²) in [4.78, 5) is 29.9. The SMILES string of the molecule is O=C1O[C@@]2(CCN(C(=O)C(c3ccccc3)c3ccccc3)C2)CN1Cc1ccccc1. The monoisotopic (exact) mass is 426 g/mol. The Bertz CT molecular complexity index is 1050. The minimum Gasteiger partial charge on any atom is -0.439 e. The van der Waals surface area contributed by atoms with E-state index in [0.29, 0.717) is 32.6 Å². The summed E-state index contributed by atoms with van der Waals surface area (Å²) in [5, 5.41) is 0. The van der Waals surface area contributed by atoms with Gasteiger partial charge in [-0.15, -0.1) is 0 Å². The summed E-state index contributed by atoms with van der Waals surface area (Å²) in [5.74, 6) is -0.318. The smallest absolute Gasteiger partial charge is 0.410 e. The molecule has 0 bridgehead atoms. The zero-order chi connectivity index (χ0) is 22.0. The van der Waals surface area contributed by atoms with E-state index in [9.17, 15) is 9.59 Å². The summed E-state index contributed by atoms with van der Waals surface area (Å²) >= 11 is 0. The molecule has 0 aromatic heterocycles. The number of ether oxygens (including phenoxy) is 1. The first-order valence-electron chi connectivity index (χ1n) is 11.0. The molecule has 2 fully saturated rings. The number of carbonyl (C=O) groups is 2. The maximum Gasteiger partial charge on any atom is 0.410 e. The standard InChI is InChI=1S/C27H26N2O3/c30-25(24(22-12-6-2-7-13-22)23-14-8-3-9-15-23)28-17-16-27(19-28)20-29(26(31)32-27)18-21-10-4-1-5-11-21/h1-15,24H,16-20H2/t27-/m1/s1. The molecular weight excluding hydrogens is 400 g/mol. The quantitative estimate of drug-likeness (QED) is 0.606. The van der Waals surface area contributed by atoms with Gasteiger partial charge in [0.05, 0.1) is 19.0 Å². The normalized spacial score (nSPS) is 20.2. The van der Waals surface area contributed by atoms with Crippen LogP contribution >= 0.6 is 0 Å². The molecule has 162 valence electrons. The fourth-order valence-corrected chi connectivity index (χ4v) is 4.81. The van der Waals surface area contributed by atoms with Crippen molar-refractivity contribution in [1.82, 2.24) is 9.80 Å². The molecule has 0 radical (unpaired) electrons. The molecule has 2 aliphatic heterocycles. The first-order valence-corrected chi connectivity index (χ1v) is 11.0. The molecule has 1 atom stereocenters. The van der Waals surface area contributed by atoms with Crippen LogP contribution < -0.4 is 0 Å². The van der Waals surface area contributed by atoms with Crippen molar-refractivity contribution >= 4 is 12.0 Å². The summed E-state index contributed by atoms with van der Waals surface area (Å²) in [6, 6.07) is 29.7. The van der Waals surface area contributed by atoms with Crippen molar-refractivity contribution in [2.45, 2.75) is 24.5 Å². The number of carbonyl (C=O) groups excluding carboxylic acids is 2. The number of rotatable bonds is 5. The van der Waals surface area contributed by atoms with Crippen LogP contribution in [0.25, 0.3) is 0 Å². The van der Waals surface area contributed by atoms with Gasteiger partial charge in [-0.3, -0.25) is 9.69 Å². The molecule has 5 nitrogen and oxygen atoms in total. The Hall–Kier alpha value is -3.60. The average molecular weight is 427 g/mol. The molecule has 2 saturated heterocycles. The van der Waals surface area contributed by atoms with Gasteiger partial charge in [-0.05, 0) is 16.7 Å². The van der Waals surface area contributed by atoms with Gasteiger partial charge in [0, 0.05) is 19.5 Å². The van der Waals surface area contributed by atoms with Crippen molar-refractivity contribution in [3.8, 4) is 0 Å². The van der Waals surface area contributed by atoms with Gasteiger partial charge >= 0.3 is 6.09 Å². The molecule has 5 heteroatoms. The van der Waals surface area contributed by atoms with Crippen LogP contribution in [0.3, 0.4) is 0 Å². The van der Waals surface area contributed by atoms with Crippen LogP contribution in [-0.2, 0) is 16.1 Å². The second-order valence-electron chi connectivity index (χ2n) is 8.66. The van der Waals surface area contributed by atoms with Crippen LogP contribution in [0.4, 0.5) is 4.79 Å². The molecule has 5 rings (SSSR count). The van der Waals surface area contributed by atoms with E-state index in [1.165, 1.54) is 0 Å². The van der Waals surface area contributed by atoms with E-state index in [-0.39, 0.29) is 17.9 Å². The second-order valence-corrected chi connectivity index (χ2v) is 8.66. The lowest BCUT2D eigenvalue weighted by Crippen LogP contribution is -2.41. The largest absolute Gasteiger partial charge is 0.439 e. The topological polar surface area (TPSA) is 49.9 Å². The second kappa shape index (κ2) is 8.50. The Labute approximate surface area is 188 Å². The first-order chi connectivity index (χ1) is 15.6. The maximum atomic E-state index is 13.7. The Balaban J connectivity index is 1.34. The highest BCUT2D eigenvalue weighted by atomic mass is 16.6. The van der Waals surface area contributed by atoms with Crippen molar-refractivity contribution in [2.75, 3.05) is 19.6 Å². The van der Waals surface area contributed by atoms with Crippen LogP contribution in [0, 0.1) is 0 Å². The third-order valence-electron chi connectivity index (χ3n) is 6.40. The molecular formula is C27H26N2O3. The third kappa shape index (κ3) is 3.98. The number of hydrogen-bond donors (Lipinski definition) is 0. The highest BCUT2D eigenvalue weighted by Crippen LogP contribution is 2.36. The Morgan fingerprint density at radius 3 is 2.00 bits per heavy atom. The van der Waals surface area contributed by atoms with Crippen molar-refractivity contribution in [3.05, 3.63) is 108 Å². The molecule has 1 spiro atoms. The molecule has 0 aliphatic carbocycles. The van der Waals surface area contributed by atoms with Crippen LogP contribution in [0.2, 0.25) is 0 Å². The minimum absolute atomic E-state index is 0.0526. The maximum absolute atomic E-state index is 13.7.